The summed E-state index contributed by atoms with van der Waals surface area (Å²) in [5.41, 5.74) is 1.22. The molecule has 21 heavy (non-hydrogen) atoms. The van der Waals surface area contributed by atoms with Crippen LogP contribution in [0.4, 0.5) is 23.7 Å². The van der Waals surface area contributed by atoms with Gasteiger partial charge in [-0.25, -0.2) is 4.79 Å². The summed E-state index contributed by atoms with van der Waals surface area (Å²) in [6, 6.07) is 5.20. The molecule has 1 aromatic rings. The minimum absolute atomic E-state index is 0.0672. The van der Waals surface area contributed by atoms with Crippen LogP contribution < -0.4 is 5.32 Å². The third kappa shape index (κ3) is 5.36. The summed E-state index contributed by atoms with van der Waals surface area (Å²) in [5.74, 6) is 0. The van der Waals surface area contributed by atoms with E-state index in [-0.39, 0.29) is 5.56 Å². The Balaban J connectivity index is 2.70. The third-order valence-corrected chi connectivity index (χ3v) is 2.61. The first-order valence-corrected chi connectivity index (χ1v) is 6.40. The molecule has 0 atom stereocenters. The summed E-state index contributed by atoms with van der Waals surface area (Å²) < 4.78 is 42.9. The van der Waals surface area contributed by atoms with E-state index in [0.29, 0.717) is 12.3 Å². The number of rotatable bonds is 5. The summed E-state index contributed by atoms with van der Waals surface area (Å²) in [6.45, 7) is 5.31. The first-order valence-electron chi connectivity index (χ1n) is 6.40. The van der Waals surface area contributed by atoms with Crippen LogP contribution in [0.25, 0.3) is 5.57 Å². The lowest BCUT2D eigenvalue weighted by atomic mass is 10.1. The van der Waals surface area contributed by atoms with Crippen molar-refractivity contribution in [2.75, 3.05) is 11.9 Å². The van der Waals surface area contributed by atoms with Gasteiger partial charge in [-0.05, 0) is 24.1 Å². The fourth-order valence-electron chi connectivity index (χ4n) is 1.55. The molecule has 0 aliphatic carbocycles. The van der Waals surface area contributed by atoms with Crippen molar-refractivity contribution in [3.8, 4) is 0 Å². The molecule has 1 rings (SSSR count). The van der Waals surface area contributed by atoms with E-state index in [0.717, 1.165) is 12.8 Å². The first kappa shape index (κ1) is 16.9. The minimum atomic E-state index is -4.52. The fraction of sp³-hybridized carbons (Fsp3) is 0.333. The van der Waals surface area contributed by atoms with Crippen molar-refractivity contribution in [3.05, 3.63) is 42.1 Å². The van der Waals surface area contributed by atoms with Crippen LogP contribution in [0.1, 0.15) is 25.3 Å². The van der Waals surface area contributed by atoms with Gasteiger partial charge in [0, 0.05) is 5.69 Å². The van der Waals surface area contributed by atoms with Crippen molar-refractivity contribution >= 4 is 17.4 Å². The number of anilines is 1. The number of benzene rings is 1. The average molecular weight is 299 g/mol. The van der Waals surface area contributed by atoms with Gasteiger partial charge in [-0.3, -0.25) is 5.32 Å². The number of hydrogen-bond donors (Lipinski definition) is 1. The molecule has 0 unspecified atom stereocenters. The second kappa shape index (κ2) is 7.55. The normalized spacial score (nSPS) is 10.7. The van der Waals surface area contributed by atoms with Gasteiger partial charge in [0.05, 0.1) is 6.61 Å². The largest absolute Gasteiger partial charge is 0.449 e. The molecule has 1 aromatic carbocycles. The zero-order valence-electron chi connectivity index (χ0n) is 11.6. The topological polar surface area (TPSA) is 38.3 Å². The number of carbonyl (C=O) groups is 1. The Hall–Kier alpha value is -2.20. The molecule has 0 aliphatic heterocycles. The van der Waals surface area contributed by atoms with Crippen molar-refractivity contribution in [1.82, 2.24) is 0 Å². The Morgan fingerprint density at radius 1 is 1.33 bits per heavy atom. The number of ether oxygens (including phenoxy) is 1. The Morgan fingerprint density at radius 3 is 2.43 bits per heavy atom. The number of alkyl halides is 3. The molecule has 0 bridgehead atoms. The van der Waals surface area contributed by atoms with Gasteiger partial charge < -0.3 is 4.74 Å². The monoisotopic (exact) mass is 299 g/mol. The summed E-state index contributed by atoms with van der Waals surface area (Å²) >= 11 is 0. The zero-order valence-corrected chi connectivity index (χ0v) is 11.6. The number of amides is 1. The molecule has 1 N–H and O–H groups in total. The van der Waals surface area contributed by atoms with Crippen molar-refractivity contribution in [2.45, 2.75) is 25.9 Å². The second-order valence-electron chi connectivity index (χ2n) is 4.24. The van der Waals surface area contributed by atoms with E-state index in [1.54, 1.807) is 0 Å². The van der Waals surface area contributed by atoms with Crippen LogP contribution in [0.3, 0.4) is 0 Å². The first-order chi connectivity index (χ1) is 9.88. The second-order valence-corrected chi connectivity index (χ2v) is 4.24. The van der Waals surface area contributed by atoms with Gasteiger partial charge in [0.2, 0.25) is 0 Å². The Labute approximate surface area is 121 Å². The summed E-state index contributed by atoms with van der Waals surface area (Å²) in [5, 5.41) is 2.44. The van der Waals surface area contributed by atoms with Gasteiger partial charge >= 0.3 is 12.3 Å². The molecule has 0 saturated heterocycles. The lowest BCUT2D eigenvalue weighted by Crippen LogP contribution is -2.14. The maximum absolute atomic E-state index is 12.7. The molecule has 0 heterocycles. The molecule has 6 heteroatoms. The highest BCUT2D eigenvalue weighted by Crippen LogP contribution is 2.33. The summed E-state index contributed by atoms with van der Waals surface area (Å²) in [6.07, 6.45) is -3.50. The van der Waals surface area contributed by atoms with E-state index in [9.17, 15) is 18.0 Å². The average Bonchev–Trinajstić information content (AvgIpc) is 2.40. The Kier molecular flexibility index (Phi) is 6.06. The van der Waals surface area contributed by atoms with Crippen LogP contribution in [0.2, 0.25) is 0 Å². The van der Waals surface area contributed by atoms with Crippen LogP contribution in [-0.2, 0) is 4.74 Å². The van der Waals surface area contributed by atoms with Gasteiger partial charge in [0.15, 0.2) is 0 Å². The van der Waals surface area contributed by atoms with Crippen molar-refractivity contribution in [1.29, 1.82) is 0 Å². The lowest BCUT2D eigenvalue weighted by molar-refractivity contribution is -0.0687. The smallest absolute Gasteiger partial charge is 0.424 e. The predicted octanol–water partition coefficient (Wildman–Crippen LogP) is 4.77. The standard InChI is InChI=1S/C15H16F3NO2/c1-3-5-10-21-14(20)19-12-8-6-11(7-9-12)13(4-2)15(16,17)18/h6-9H,2-3,5,10H2,1H3,(H,19,20). The Morgan fingerprint density at radius 2 is 1.95 bits per heavy atom. The molecule has 0 fully saturated rings. The molecule has 0 saturated carbocycles. The number of unbranched alkanes of at least 4 members (excludes halogenated alkanes) is 1. The van der Waals surface area contributed by atoms with E-state index in [1.165, 1.54) is 24.3 Å². The lowest BCUT2D eigenvalue weighted by Gasteiger charge is -2.11. The molecule has 0 spiro atoms. The number of hydrogen-bond acceptors (Lipinski definition) is 2. The maximum atomic E-state index is 12.7. The van der Waals surface area contributed by atoms with E-state index in [2.05, 4.69) is 11.9 Å². The van der Waals surface area contributed by atoms with E-state index in [1.807, 2.05) is 12.7 Å². The fourth-order valence-corrected chi connectivity index (χ4v) is 1.55. The van der Waals surface area contributed by atoms with E-state index >= 15 is 0 Å². The van der Waals surface area contributed by atoms with Gasteiger partial charge in [-0.1, -0.05) is 32.1 Å². The van der Waals surface area contributed by atoms with Gasteiger partial charge in [0.1, 0.15) is 5.57 Å². The third-order valence-electron chi connectivity index (χ3n) is 2.61. The SMILES string of the molecule is C=C=C(c1ccc(NC(=O)OCCCC)cc1)C(F)(F)F. The van der Waals surface area contributed by atoms with E-state index in [4.69, 9.17) is 4.74 Å². The summed E-state index contributed by atoms with van der Waals surface area (Å²) in [7, 11) is 0. The number of nitrogens with one attached hydrogen (secondary N) is 1. The number of carbonyl (C=O) groups excluding carboxylic acids is 1. The summed E-state index contributed by atoms with van der Waals surface area (Å²) in [4.78, 5) is 11.4. The van der Waals surface area contributed by atoms with Crippen molar-refractivity contribution in [3.63, 3.8) is 0 Å². The van der Waals surface area contributed by atoms with Crippen LogP contribution in [0.5, 0.6) is 0 Å². The molecule has 1 amide bonds. The van der Waals surface area contributed by atoms with Gasteiger partial charge in [-0.2, -0.15) is 13.2 Å². The molecular formula is C15H16F3NO2. The molecule has 0 aromatic heterocycles. The highest BCUT2D eigenvalue weighted by atomic mass is 19.4. The molecule has 0 aliphatic rings. The molecule has 0 radical (unpaired) electrons. The Bertz CT molecular complexity index is 529. The highest BCUT2D eigenvalue weighted by Gasteiger charge is 2.34. The molecular weight excluding hydrogens is 283 g/mol. The van der Waals surface area contributed by atoms with Crippen LogP contribution in [0.15, 0.2) is 36.6 Å². The maximum Gasteiger partial charge on any atom is 0.424 e. The van der Waals surface area contributed by atoms with Crippen LogP contribution in [0, 0.1) is 0 Å². The molecule has 114 valence electrons. The van der Waals surface area contributed by atoms with Crippen LogP contribution >= 0.6 is 0 Å². The minimum Gasteiger partial charge on any atom is -0.449 e. The quantitative estimate of drug-likeness (QED) is 0.628. The van der Waals surface area contributed by atoms with Crippen LogP contribution in [-0.4, -0.2) is 18.9 Å². The van der Waals surface area contributed by atoms with Crippen molar-refractivity contribution < 1.29 is 22.7 Å². The van der Waals surface area contributed by atoms with Gasteiger partial charge in [0.25, 0.3) is 0 Å². The predicted molar refractivity (Wildman–Crippen MR) is 74.9 cm³/mol. The zero-order chi connectivity index (χ0) is 15.9. The van der Waals surface area contributed by atoms with Gasteiger partial charge in [-0.15, -0.1) is 5.73 Å². The number of allylic oxidation sites excluding steroid dienone is 1. The van der Waals surface area contributed by atoms with Crippen molar-refractivity contribution in [2.24, 2.45) is 0 Å². The van der Waals surface area contributed by atoms with E-state index < -0.39 is 17.8 Å². The highest BCUT2D eigenvalue weighted by molar-refractivity contribution is 5.85. The molecule has 3 nitrogen and oxygen atoms in total. The number of halogens is 3.